The molecule has 0 heterocycles. The number of nitrogens with one attached hydrogen (secondary N) is 1. The van der Waals surface area contributed by atoms with Gasteiger partial charge >= 0.3 is 5.97 Å². The zero-order valence-electron chi connectivity index (χ0n) is 9.16. The molecule has 92 valence electrons. The van der Waals surface area contributed by atoms with E-state index >= 15 is 0 Å². The Labute approximate surface area is 97.8 Å². The van der Waals surface area contributed by atoms with Crippen LogP contribution >= 0.6 is 0 Å². The molecule has 1 aromatic carbocycles. The molecule has 1 aromatic rings. The highest BCUT2D eigenvalue weighted by atomic mass is 16.5. The Kier molecular flexibility index (Phi) is 4.47. The SMILES string of the molecule is COc1ccccc1C(O)C(NC=O)C(=O)O. The molecule has 2 atom stereocenters. The second kappa shape index (κ2) is 5.86. The van der Waals surface area contributed by atoms with Crippen LogP contribution in [0.3, 0.4) is 0 Å². The molecule has 0 saturated carbocycles. The fourth-order valence-corrected chi connectivity index (χ4v) is 1.46. The van der Waals surface area contributed by atoms with Crippen molar-refractivity contribution in [1.29, 1.82) is 0 Å². The minimum Gasteiger partial charge on any atom is -0.496 e. The molecule has 0 aliphatic carbocycles. The molecule has 0 radical (unpaired) electrons. The number of para-hydroxylation sites is 1. The summed E-state index contributed by atoms with van der Waals surface area (Å²) in [6, 6.07) is 5.05. The number of aliphatic hydroxyl groups is 1. The number of benzene rings is 1. The van der Waals surface area contributed by atoms with Crippen molar-refractivity contribution < 1.29 is 24.5 Å². The molecule has 0 spiro atoms. The maximum atomic E-state index is 10.9. The van der Waals surface area contributed by atoms with Gasteiger partial charge in [-0.05, 0) is 6.07 Å². The van der Waals surface area contributed by atoms with E-state index in [0.717, 1.165) is 0 Å². The van der Waals surface area contributed by atoms with Crippen molar-refractivity contribution in [2.75, 3.05) is 7.11 Å². The van der Waals surface area contributed by atoms with E-state index in [0.29, 0.717) is 11.3 Å². The molecule has 1 amide bonds. The molecule has 17 heavy (non-hydrogen) atoms. The van der Waals surface area contributed by atoms with Crippen LogP contribution in [-0.2, 0) is 9.59 Å². The van der Waals surface area contributed by atoms with E-state index in [9.17, 15) is 14.7 Å². The quantitative estimate of drug-likeness (QED) is 0.604. The first-order valence-electron chi connectivity index (χ1n) is 4.85. The number of hydrogen-bond donors (Lipinski definition) is 3. The van der Waals surface area contributed by atoms with Gasteiger partial charge in [0.15, 0.2) is 6.04 Å². The first-order chi connectivity index (χ1) is 8.11. The third kappa shape index (κ3) is 2.94. The molecular weight excluding hydrogens is 226 g/mol. The van der Waals surface area contributed by atoms with Gasteiger partial charge in [0.05, 0.1) is 7.11 Å². The molecular formula is C11H13NO5. The predicted octanol–water partition coefficient (Wildman–Crippen LogP) is -0.0722. The minimum atomic E-state index is -1.41. The zero-order valence-corrected chi connectivity index (χ0v) is 9.16. The van der Waals surface area contributed by atoms with Gasteiger partial charge in [0.25, 0.3) is 0 Å². The Hall–Kier alpha value is -2.08. The Balaban J connectivity index is 3.03. The van der Waals surface area contributed by atoms with E-state index in [1.54, 1.807) is 18.2 Å². The fourth-order valence-electron chi connectivity index (χ4n) is 1.46. The highest BCUT2D eigenvalue weighted by Crippen LogP contribution is 2.26. The van der Waals surface area contributed by atoms with Crippen molar-refractivity contribution in [3.8, 4) is 5.75 Å². The van der Waals surface area contributed by atoms with Crippen molar-refractivity contribution in [2.24, 2.45) is 0 Å². The first kappa shape index (κ1) is 13.0. The van der Waals surface area contributed by atoms with E-state index in [4.69, 9.17) is 9.84 Å². The predicted molar refractivity (Wildman–Crippen MR) is 58.6 cm³/mol. The van der Waals surface area contributed by atoms with Gasteiger partial charge < -0.3 is 20.3 Å². The lowest BCUT2D eigenvalue weighted by Gasteiger charge is -2.20. The van der Waals surface area contributed by atoms with Crippen molar-refractivity contribution >= 4 is 12.4 Å². The normalized spacial score (nSPS) is 13.5. The van der Waals surface area contributed by atoms with E-state index in [1.165, 1.54) is 13.2 Å². The third-order valence-electron chi connectivity index (χ3n) is 2.29. The molecule has 6 nitrogen and oxygen atoms in total. The number of carboxylic acid groups (broad SMARTS) is 1. The lowest BCUT2D eigenvalue weighted by Crippen LogP contribution is -2.41. The highest BCUT2D eigenvalue weighted by Gasteiger charge is 2.29. The molecule has 0 saturated heterocycles. The fraction of sp³-hybridized carbons (Fsp3) is 0.273. The van der Waals surface area contributed by atoms with E-state index in [1.807, 2.05) is 5.32 Å². The standard InChI is InChI=1S/C11H13NO5/c1-17-8-5-3-2-4-7(8)10(14)9(11(15)16)12-6-13/h2-6,9-10,14H,1H3,(H,12,13)(H,15,16). The average molecular weight is 239 g/mol. The van der Waals surface area contributed by atoms with Gasteiger partial charge in [-0.1, -0.05) is 18.2 Å². The van der Waals surface area contributed by atoms with Crippen LogP contribution in [0.15, 0.2) is 24.3 Å². The van der Waals surface area contributed by atoms with Gasteiger partial charge in [-0.2, -0.15) is 0 Å². The van der Waals surface area contributed by atoms with Crippen LogP contribution in [0.1, 0.15) is 11.7 Å². The van der Waals surface area contributed by atoms with Crippen LogP contribution in [0.5, 0.6) is 5.75 Å². The van der Waals surface area contributed by atoms with Crippen LogP contribution in [0.4, 0.5) is 0 Å². The molecule has 0 aromatic heterocycles. The Morgan fingerprint density at radius 2 is 2.12 bits per heavy atom. The summed E-state index contributed by atoms with van der Waals surface area (Å²) >= 11 is 0. The third-order valence-corrected chi connectivity index (χ3v) is 2.29. The topological polar surface area (TPSA) is 95.9 Å². The number of amides is 1. The maximum absolute atomic E-state index is 10.9. The lowest BCUT2D eigenvalue weighted by atomic mass is 10.0. The second-order valence-electron chi connectivity index (χ2n) is 3.29. The molecule has 2 unspecified atom stereocenters. The lowest BCUT2D eigenvalue weighted by molar-refractivity contribution is -0.143. The number of rotatable bonds is 6. The van der Waals surface area contributed by atoms with Gasteiger partial charge in [-0.3, -0.25) is 4.79 Å². The second-order valence-corrected chi connectivity index (χ2v) is 3.29. The smallest absolute Gasteiger partial charge is 0.329 e. The van der Waals surface area contributed by atoms with Crippen molar-refractivity contribution in [2.45, 2.75) is 12.1 Å². The number of carbonyl (C=O) groups excluding carboxylic acids is 1. The number of carbonyl (C=O) groups is 2. The Morgan fingerprint density at radius 3 is 2.65 bits per heavy atom. The highest BCUT2D eigenvalue weighted by molar-refractivity contribution is 5.77. The molecule has 0 bridgehead atoms. The monoisotopic (exact) mass is 239 g/mol. The van der Waals surface area contributed by atoms with Crippen molar-refractivity contribution in [1.82, 2.24) is 5.32 Å². The van der Waals surface area contributed by atoms with Crippen molar-refractivity contribution in [3.05, 3.63) is 29.8 Å². The van der Waals surface area contributed by atoms with Gasteiger partial charge in [0.1, 0.15) is 11.9 Å². The zero-order chi connectivity index (χ0) is 12.8. The van der Waals surface area contributed by atoms with E-state index in [-0.39, 0.29) is 6.41 Å². The Bertz CT molecular complexity index is 407. The molecule has 1 rings (SSSR count). The molecule has 0 aliphatic heterocycles. The maximum Gasteiger partial charge on any atom is 0.329 e. The number of aliphatic hydroxyl groups excluding tert-OH is 1. The number of hydrogen-bond acceptors (Lipinski definition) is 4. The van der Waals surface area contributed by atoms with Crippen LogP contribution in [0.25, 0.3) is 0 Å². The van der Waals surface area contributed by atoms with Crippen LogP contribution in [-0.4, -0.2) is 35.7 Å². The molecule has 6 heteroatoms. The van der Waals surface area contributed by atoms with Gasteiger partial charge in [-0.25, -0.2) is 4.79 Å². The minimum absolute atomic E-state index is 0.234. The van der Waals surface area contributed by atoms with Crippen LogP contribution < -0.4 is 10.1 Å². The van der Waals surface area contributed by atoms with Gasteiger partial charge in [-0.15, -0.1) is 0 Å². The van der Waals surface area contributed by atoms with Gasteiger partial charge in [0, 0.05) is 5.56 Å². The molecule has 0 fully saturated rings. The van der Waals surface area contributed by atoms with Crippen molar-refractivity contribution in [3.63, 3.8) is 0 Å². The summed E-state index contributed by atoms with van der Waals surface area (Å²) in [5, 5.41) is 20.8. The molecule has 3 N–H and O–H groups in total. The summed E-state index contributed by atoms with van der Waals surface area (Å²) in [4.78, 5) is 21.2. The average Bonchev–Trinajstić information content (AvgIpc) is 2.34. The van der Waals surface area contributed by atoms with Gasteiger partial charge in [0.2, 0.25) is 6.41 Å². The number of methoxy groups -OCH3 is 1. The number of ether oxygens (including phenoxy) is 1. The summed E-state index contributed by atoms with van der Waals surface area (Å²) in [7, 11) is 1.41. The van der Waals surface area contributed by atoms with E-state index in [2.05, 4.69) is 0 Å². The summed E-state index contributed by atoms with van der Waals surface area (Å²) in [6.07, 6.45) is -1.15. The van der Waals surface area contributed by atoms with Crippen LogP contribution in [0, 0.1) is 0 Å². The summed E-state index contributed by atoms with van der Waals surface area (Å²) in [6.45, 7) is 0. The summed E-state index contributed by atoms with van der Waals surface area (Å²) in [5.74, 6) is -0.963. The van der Waals surface area contributed by atoms with Crippen LogP contribution in [0.2, 0.25) is 0 Å². The summed E-state index contributed by atoms with van der Waals surface area (Å²) in [5.41, 5.74) is 0.303. The number of aliphatic carboxylic acids is 1. The number of carboxylic acids is 1. The molecule has 0 aliphatic rings. The van der Waals surface area contributed by atoms with E-state index < -0.39 is 18.1 Å². The Morgan fingerprint density at radius 1 is 1.47 bits per heavy atom. The summed E-state index contributed by atoms with van der Waals surface area (Å²) < 4.78 is 5.01. The first-order valence-corrected chi connectivity index (χ1v) is 4.85. The largest absolute Gasteiger partial charge is 0.496 e.